The highest BCUT2D eigenvalue weighted by molar-refractivity contribution is 6.14. The average Bonchev–Trinajstić information content (AvgIpc) is 3.15. The molecule has 136 valence electrons. The first-order valence-corrected chi connectivity index (χ1v) is 9.09. The molecule has 5 nitrogen and oxygen atoms in total. The van der Waals surface area contributed by atoms with Gasteiger partial charge in [-0.3, -0.25) is 9.69 Å². The number of carbonyl (C=O) groups is 1. The molecule has 0 unspecified atom stereocenters. The van der Waals surface area contributed by atoms with Crippen LogP contribution in [0.15, 0.2) is 34.4 Å². The quantitative estimate of drug-likeness (QED) is 0.840. The molecule has 1 atom stereocenters. The number of ether oxygens (including phenoxy) is 1. The first-order chi connectivity index (χ1) is 12.5. The summed E-state index contributed by atoms with van der Waals surface area (Å²) in [6.07, 6.45) is 4.00. The molecule has 3 heterocycles. The van der Waals surface area contributed by atoms with Crippen LogP contribution in [-0.4, -0.2) is 28.9 Å². The zero-order valence-corrected chi connectivity index (χ0v) is 15.1. The van der Waals surface area contributed by atoms with Crippen LogP contribution in [0.5, 0.6) is 11.5 Å². The summed E-state index contributed by atoms with van der Waals surface area (Å²) in [6, 6.07) is 6.86. The Kier molecular flexibility index (Phi) is 4.32. The smallest absolute Gasteiger partial charge is 0.232 e. The van der Waals surface area contributed by atoms with E-state index in [4.69, 9.17) is 9.15 Å². The lowest BCUT2D eigenvalue weighted by Crippen LogP contribution is -2.33. The number of phenols is 1. The molecule has 0 spiro atoms. The number of benzene rings is 1. The van der Waals surface area contributed by atoms with E-state index in [1.165, 1.54) is 6.42 Å². The number of ketones is 1. The molecular formula is C21H23NO4. The zero-order valence-electron chi connectivity index (χ0n) is 15.1. The van der Waals surface area contributed by atoms with E-state index >= 15 is 0 Å². The maximum absolute atomic E-state index is 12.7. The molecule has 26 heavy (non-hydrogen) atoms. The summed E-state index contributed by atoms with van der Waals surface area (Å²) in [5.74, 6) is 2.69. The summed E-state index contributed by atoms with van der Waals surface area (Å²) in [6.45, 7) is 6.67. The van der Waals surface area contributed by atoms with Gasteiger partial charge in [0.05, 0.1) is 11.1 Å². The molecule has 0 bridgehead atoms. The van der Waals surface area contributed by atoms with E-state index in [2.05, 4.69) is 11.8 Å². The minimum atomic E-state index is -0.178. The SMILES string of the molecule is Cc1ccc(C=C2Oc3c(ccc(O)c3CN3CCC[C@@H](C)C3)C2=O)o1. The van der Waals surface area contributed by atoms with E-state index in [1.807, 2.05) is 13.0 Å². The molecule has 5 heteroatoms. The lowest BCUT2D eigenvalue weighted by atomic mass is 9.99. The maximum Gasteiger partial charge on any atom is 0.232 e. The summed E-state index contributed by atoms with van der Waals surface area (Å²) < 4.78 is 11.4. The number of hydrogen-bond donors (Lipinski definition) is 1. The average molecular weight is 353 g/mol. The maximum atomic E-state index is 12.7. The van der Waals surface area contributed by atoms with Crippen molar-refractivity contribution in [2.24, 2.45) is 5.92 Å². The predicted octanol–water partition coefficient (Wildman–Crippen LogP) is 4.14. The molecule has 0 aliphatic carbocycles. The highest BCUT2D eigenvalue weighted by Crippen LogP contribution is 2.40. The second kappa shape index (κ2) is 6.65. The van der Waals surface area contributed by atoms with Crippen LogP contribution in [-0.2, 0) is 6.54 Å². The number of piperidine rings is 1. The fourth-order valence-corrected chi connectivity index (χ4v) is 3.76. The van der Waals surface area contributed by atoms with Gasteiger partial charge in [0.1, 0.15) is 23.0 Å². The van der Waals surface area contributed by atoms with Crippen molar-refractivity contribution in [3.63, 3.8) is 0 Å². The fourth-order valence-electron chi connectivity index (χ4n) is 3.76. The number of rotatable bonds is 3. The molecule has 2 aliphatic heterocycles. The monoisotopic (exact) mass is 353 g/mol. The Morgan fingerprint density at radius 2 is 2.15 bits per heavy atom. The van der Waals surface area contributed by atoms with Gasteiger partial charge in [0.2, 0.25) is 5.78 Å². The Labute approximate surface area is 152 Å². The van der Waals surface area contributed by atoms with E-state index in [0.29, 0.717) is 35.1 Å². The number of carbonyl (C=O) groups excluding carboxylic acids is 1. The minimum Gasteiger partial charge on any atom is -0.507 e. The third-order valence-electron chi connectivity index (χ3n) is 5.07. The van der Waals surface area contributed by atoms with Crippen LogP contribution >= 0.6 is 0 Å². The Morgan fingerprint density at radius 3 is 2.88 bits per heavy atom. The summed E-state index contributed by atoms with van der Waals surface area (Å²) >= 11 is 0. The normalized spacial score (nSPS) is 21.8. The van der Waals surface area contributed by atoms with Crippen LogP contribution in [0.2, 0.25) is 0 Å². The number of furan rings is 1. The fraction of sp³-hybridized carbons (Fsp3) is 0.381. The number of fused-ring (bicyclic) bond motifs is 1. The van der Waals surface area contributed by atoms with Crippen molar-refractivity contribution in [3.8, 4) is 11.5 Å². The second-order valence-electron chi connectivity index (χ2n) is 7.31. The van der Waals surface area contributed by atoms with Gasteiger partial charge in [0.25, 0.3) is 0 Å². The molecule has 0 radical (unpaired) electrons. The first-order valence-electron chi connectivity index (χ1n) is 9.09. The lowest BCUT2D eigenvalue weighted by Gasteiger charge is -2.31. The number of likely N-dealkylation sites (tertiary alicyclic amines) is 1. The number of nitrogens with zero attached hydrogens (tertiary/aromatic N) is 1. The van der Waals surface area contributed by atoms with E-state index in [-0.39, 0.29) is 17.3 Å². The Morgan fingerprint density at radius 1 is 1.31 bits per heavy atom. The van der Waals surface area contributed by atoms with Crippen LogP contribution in [0.4, 0.5) is 0 Å². The Hall–Kier alpha value is -2.53. The van der Waals surface area contributed by atoms with Gasteiger partial charge in [0.15, 0.2) is 5.76 Å². The van der Waals surface area contributed by atoms with Crippen LogP contribution in [0.3, 0.4) is 0 Å². The van der Waals surface area contributed by atoms with Crippen molar-refractivity contribution in [2.45, 2.75) is 33.2 Å². The molecule has 4 rings (SSSR count). The van der Waals surface area contributed by atoms with Crippen LogP contribution in [0.25, 0.3) is 6.08 Å². The summed E-state index contributed by atoms with van der Waals surface area (Å²) in [5.41, 5.74) is 1.18. The van der Waals surface area contributed by atoms with E-state index in [0.717, 1.165) is 25.3 Å². The molecule has 0 saturated carbocycles. The Bertz CT molecular complexity index is 880. The lowest BCUT2D eigenvalue weighted by molar-refractivity contribution is 0.101. The van der Waals surface area contributed by atoms with Gasteiger partial charge in [-0.25, -0.2) is 0 Å². The highest BCUT2D eigenvalue weighted by Gasteiger charge is 2.32. The molecule has 1 aromatic carbocycles. The standard InChI is InChI=1S/C21H23NO4/c1-13-4-3-9-22(11-13)12-17-18(23)8-7-16-20(24)19(26-21(16)17)10-15-6-5-14(2)25-15/h5-8,10,13,23H,3-4,9,11-12H2,1-2H3/t13-/m1/s1. The number of phenolic OH excluding ortho intramolecular Hbond substituents is 1. The summed E-state index contributed by atoms with van der Waals surface area (Å²) in [7, 11) is 0. The van der Waals surface area contributed by atoms with Gasteiger partial charge in [0, 0.05) is 19.2 Å². The largest absolute Gasteiger partial charge is 0.507 e. The van der Waals surface area contributed by atoms with Gasteiger partial charge in [-0.15, -0.1) is 0 Å². The van der Waals surface area contributed by atoms with Crippen molar-refractivity contribution in [1.29, 1.82) is 0 Å². The predicted molar refractivity (Wildman–Crippen MR) is 98.2 cm³/mol. The van der Waals surface area contributed by atoms with Crippen molar-refractivity contribution in [1.82, 2.24) is 4.90 Å². The van der Waals surface area contributed by atoms with Crippen LogP contribution in [0.1, 0.15) is 47.2 Å². The number of hydrogen-bond acceptors (Lipinski definition) is 5. The van der Waals surface area contributed by atoms with E-state index in [1.54, 1.807) is 24.3 Å². The van der Waals surface area contributed by atoms with E-state index in [9.17, 15) is 9.90 Å². The van der Waals surface area contributed by atoms with Crippen molar-refractivity contribution >= 4 is 11.9 Å². The minimum absolute atomic E-state index is 0.171. The Balaban J connectivity index is 1.64. The molecule has 0 amide bonds. The zero-order chi connectivity index (χ0) is 18.3. The van der Waals surface area contributed by atoms with Gasteiger partial charge >= 0.3 is 0 Å². The van der Waals surface area contributed by atoms with E-state index < -0.39 is 0 Å². The van der Waals surface area contributed by atoms with Crippen molar-refractivity contribution < 1.29 is 19.1 Å². The molecular weight excluding hydrogens is 330 g/mol. The molecule has 1 aromatic heterocycles. The van der Waals surface area contributed by atoms with Crippen molar-refractivity contribution in [2.75, 3.05) is 13.1 Å². The summed E-state index contributed by atoms with van der Waals surface area (Å²) in [4.78, 5) is 15.0. The van der Waals surface area contributed by atoms with Gasteiger partial charge < -0.3 is 14.3 Å². The third-order valence-corrected chi connectivity index (χ3v) is 5.07. The second-order valence-corrected chi connectivity index (χ2v) is 7.31. The molecule has 2 aliphatic rings. The van der Waals surface area contributed by atoms with Crippen LogP contribution < -0.4 is 4.74 Å². The number of aromatic hydroxyl groups is 1. The van der Waals surface area contributed by atoms with Gasteiger partial charge in [-0.1, -0.05) is 6.92 Å². The summed E-state index contributed by atoms with van der Waals surface area (Å²) in [5, 5.41) is 10.4. The third kappa shape index (κ3) is 3.15. The number of aryl methyl sites for hydroxylation is 1. The molecule has 1 fully saturated rings. The molecule has 2 aromatic rings. The number of allylic oxidation sites excluding steroid dienone is 1. The number of Topliss-reactive ketones (excluding diaryl/α,β-unsaturated/α-hetero) is 1. The van der Waals surface area contributed by atoms with Crippen molar-refractivity contribution in [3.05, 3.63) is 52.7 Å². The van der Waals surface area contributed by atoms with Gasteiger partial charge in [-0.2, -0.15) is 0 Å². The van der Waals surface area contributed by atoms with Crippen LogP contribution in [0, 0.1) is 12.8 Å². The highest BCUT2D eigenvalue weighted by atomic mass is 16.5. The van der Waals surface area contributed by atoms with Gasteiger partial charge in [-0.05, 0) is 56.5 Å². The first kappa shape index (κ1) is 16.9. The topological polar surface area (TPSA) is 62.9 Å². The molecule has 1 N–H and O–H groups in total. The molecule has 1 saturated heterocycles.